The van der Waals surface area contributed by atoms with Gasteiger partial charge in [0.1, 0.15) is 0 Å². The Balaban J connectivity index is 1.14. The highest BCUT2D eigenvalue weighted by Crippen LogP contribution is 2.52. The third-order valence-corrected chi connectivity index (χ3v) is 13.4. The molecule has 286 valence electrons. The fraction of sp³-hybridized carbons (Fsp3) is 0.0492. The maximum absolute atomic E-state index is 2.47. The molecule has 0 heteroatoms. The van der Waals surface area contributed by atoms with Crippen LogP contribution in [0.3, 0.4) is 0 Å². The lowest BCUT2D eigenvalue weighted by molar-refractivity contribution is 0.661. The van der Waals surface area contributed by atoms with Crippen molar-refractivity contribution in [1.82, 2.24) is 0 Å². The summed E-state index contributed by atoms with van der Waals surface area (Å²) in [5.41, 5.74) is 17.6. The van der Waals surface area contributed by atoms with Gasteiger partial charge in [-0.25, -0.2) is 0 Å². The van der Waals surface area contributed by atoms with Crippen molar-refractivity contribution in [2.75, 3.05) is 0 Å². The van der Waals surface area contributed by atoms with Gasteiger partial charge in [-0.2, -0.15) is 0 Å². The molecule has 0 heterocycles. The van der Waals surface area contributed by atoms with E-state index >= 15 is 0 Å². The van der Waals surface area contributed by atoms with E-state index in [0.29, 0.717) is 0 Å². The molecule has 61 heavy (non-hydrogen) atoms. The predicted octanol–water partition coefficient (Wildman–Crippen LogP) is 16.9. The van der Waals surface area contributed by atoms with E-state index in [-0.39, 0.29) is 5.41 Å². The fourth-order valence-corrected chi connectivity index (χ4v) is 10.4. The summed E-state index contributed by atoms with van der Waals surface area (Å²) in [6.07, 6.45) is 0. The molecule has 0 saturated carbocycles. The molecular formula is C61H42. The molecule has 0 unspecified atom stereocenters. The van der Waals surface area contributed by atoms with Gasteiger partial charge in [0.15, 0.2) is 0 Å². The molecule has 11 aromatic rings. The Morgan fingerprint density at radius 2 is 0.803 bits per heavy atom. The Morgan fingerprint density at radius 3 is 1.54 bits per heavy atom. The van der Waals surface area contributed by atoms with Crippen LogP contribution in [-0.2, 0) is 5.41 Å². The first-order chi connectivity index (χ1) is 30.0. The molecule has 0 aliphatic heterocycles. The molecule has 0 aromatic heterocycles. The van der Waals surface area contributed by atoms with Crippen LogP contribution in [0.25, 0.3) is 110 Å². The van der Waals surface area contributed by atoms with Crippen LogP contribution in [0.4, 0.5) is 0 Å². The minimum atomic E-state index is -0.135. The molecule has 0 N–H and O–H groups in total. The molecule has 0 saturated heterocycles. The van der Waals surface area contributed by atoms with Crippen molar-refractivity contribution in [1.29, 1.82) is 0 Å². The second-order valence-corrected chi connectivity index (χ2v) is 17.2. The zero-order valence-electron chi connectivity index (χ0n) is 34.3. The summed E-state index contributed by atoms with van der Waals surface area (Å²) in [5.74, 6) is 0. The van der Waals surface area contributed by atoms with Gasteiger partial charge in [0.25, 0.3) is 0 Å². The van der Waals surface area contributed by atoms with Crippen LogP contribution < -0.4 is 0 Å². The first kappa shape index (κ1) is 35.4. The summed E-state index contributed by atoms with van der Waals surface area (Å²) in [5, 5.41) is 10.1. The zero-order chi connectivity index (χ0) is 40.7. The lowest BCUT2D eigenvalue weighted by Gasteiger charge is -2.23. The largest absolute Gasteiger partial charge is 0.0622 e. The van der Waals surface area contributed by atoms with Crippen LogP contribution in [0.2, 0.25) is 0 Å². The van der Waals surface area contributed by atoms with E-state index in [1.807, 2.05) is 0 Å². The summed E-state index contributed by atoms with van der Waals surface area (Å²) in [6, 6.07) is 81.4. The van der Waals surface area contributed by atoms with Crippen molar-refractivity contribution in [2.24, 2.45) is 0 Å². The molecule has 0 fully saturated rings. The lowest BCUT2D eigenvalue weighted by atomic mass is 9.80. The van der Waals surface area contributed by atoms with Crippen LogP contribution in [0.1, 0.15) is 25.0 Å². The minimum absolute atomic E-state index is 0.135. The Hall–Kier alpha value is -7.54. The van der Waals surface area contributed by atoms with Gasteiger partial charge in [-0.05, 0) is 157 Å². The van der Waals surface area contributed by atoms with Gasteiger partial charge < -0.3 is 0 Å². The van der Waals surface area contributed by atoms with E-state index in [4.69, 9.17) is 0 Å². The number of fused-ring (bicyclic) bond motifs is 8. The third kappa shape index (κ3) is 5.60. The molecule has 0 radical (unpaired) electrons. The maximum Gasteiger partial charge on any atom is 0.0159 e. The van der Waals surface area contributed by atoms with Crippen molar-refractivity contribution in [3.63, 3.8) is 0 Å². The summed E-state index contributed by atoms with van der Waals surface area (Å²) in [6.45, 7) is 4.78. The minimum Gasteiger partial charge on any atom is -0.0622 e. The average Bonchev–Trinajstić information content (AvgIpc) is 3.54. The summed E-state index contributed by atoms with van der Waals surface area (Å²) in [7, 11) is 0. The first-order valence-electron chi connectivity index (χ1n) is 21.4. The average molecular weight is 775 g/mol. The quantitative estimate of drug-likeness (QED) is 0.121. The summed E-state index contributed by atoms with van der Waals surface area (Å²) >= 11 is 0. The van der Waals surface area contributed by atoms with Crippen molar-refractivity contribution in [3.05, 3.63) is 230 Å². The van der Waals surface area contributed by atoms with Gasteiger partial charge in [0.05, 0.1) is 0 Å². The van der Waals surface area contributed by atoms with Crippen molar-refractivity contribution in [2.45, 2.75) is 19.3 Å². The number of benzene rings is 11. The van der Waals surface area contributed by atoms with Gasteiger partial charge in [-0.15, -0.1) is 0 Å². The summed E-state index contributed by atoms with van der Waals surface area (Å²) in [4.78, 5) is 0. The van der Waals surface area contributed by atoms with E-state index in [9.17, 15) is 0 Å². The highest BCUT2D eigenvalue weighted by Gasteiger charge is 2.36. The van der Waals surface area contributed by atoms with Crippen LogP contribution in [-0.4, -0.2) is 0 Å². The molecule has 12 rings (SSSR count). The second kappa shape index (κ2) is 13.8. The van der Waals surface area contributed by atoms with E-state index in [1.165, 1.54) is 121 Å². The zero-order valence-corrected chi connectivity index (χ0v) is 34.3. The van der Waals surface area contributed by atoms with Crippen LogP contribution >= 0.6 is 0 Å². The molecule has 1 aliphatic rings. The van der Waals surface area contributed by atoms with E-state index < -0.39 is 0 Å². The Morgan fingerprint density at radius 1 is 0.262 bits per heavy atom. The monoisotopic (exact) mass is 774 g/mol. The lowest BCUT2D eigenvalue weighted by Crippen LogP contribution is -2.15. The predicted molar refractivity (Wildman–Crippen MR) is 261 cm³/mol. The summed E-state index contributed by atoms with van der Waals surface area (Å²) < 4.78 is 0. The third-order valence-electron chi connectivity index (χ3n) is 13.4. The maximum atomic E-state index is 2.47. The molecule has 0 nitrogen and oxygen atoms in total. The molecule has 0 amide bonds. The normalized spacial score (nSPS) is 12.9. The molecule has 1 aliphatic carbocycles. The van der Waals surface area contributed by atoms with E-state index in [2.05, 4.69) is 232 Å². The number of rotatable bonds is 5. The van der Waals surface area contributed by atoms with Crippen LogP contribution in [0.5, 0.6) is 0 Å². The highest BCUT2D eigenvalue weighted by atomic mass is 14.4. The van der Waals surface area contributed by atoms with Crippen molar-refractivity contribution in [3.8, 4) is 66.8 Å². The van der Waals surface area contributed by atoms with Gasteiger partial charge in [-0.3, -0.25) is 0 Å². The fourth-order valence-electron chi connectivity index (χ4n) is 10.4. The smallest absolute Gasteiger partial charge is 0.0159 e. The molecular weight excluding hydrogens is 733 g/mol. The van der Waals surface area contributed by atoms with Crippen molar-refractivity contribution >= 4 is 43.1 Å². The molecule has 0 bridgehead atoms. The van der Waals surface area contributed by atoms with Crippen molar-refractivity contribution < 1.29 is 0 Å². The van der Waals surface area contributed by atoms with Crippen LogP contribution in [0.15, 0.2) is 218 Å². The van der Waals surface area contributed by atoms with Crippen LogP contribution in [0, 0.1) is 0 Å². The topological polar surface area (TPSA) is 0 Å². The Kier molecular flexibility index (Phi) is 7.99. The SMILES string of the molecule is CC1(C)c2cc(-c3cc(-c4ccccc4)cc(-c4c5ccccc5c(-c5ccccc5-c5ccccc5)c5c4ccc4ccccc45)c3)ccc2-c2cc3ccccc3cc21. The van der Waals surface area contributed by atoms with Gasteiger partial charge in [-0.1, -0.05) is 196 Å². The van der Waals surface area contributed by atoms with Gasteiger partial charge in [0.2, 0.25) is 0 Å². The van der Waals surface area contributed by atoms with Gasteiger partial charge in [0, 0.05) is 5.41 Å². The molecule has 0 atom stereocenters. The van der Waals surface area contributed by atoms with E-state index in [0.717, 1.165) is 0 Å². The standard InChI is InChI=1S/C61H42/c1-61(2)56-38-44(30-31-50(56)55-36-42-22-9-10-23-43(42)37-57(55)61)46-33-45(39-17-5-3-6-18-39)34-47(35-46)58-52-27-15-16-28-53(52)60(59-49-25-12-11-21-41(49)29-32-54(58)59)51-26-14-13-24-48(51)40-19-7-4-8-20-40/h3-38H,1-2H3. The van der Waals surface area contributed by atoms with E-state index in [1.54, 1.807) is 0 Å². The Bertz CT molecular complexity index is 3530. The molecule has 11 aromatic carbocycles. The first-order valence-corrected chi connectivity index (χ1v) is 21.4. The number of hydrogen-bond acceptors (Lipinski definition) is 0. The Labute approximate surface area is 357 Å². The second-order valence-electron chi connectivity index (χ2n) is 17.2. The number of hydrogen-bond donors (Lipinski definition) is 0. The van der Waals surface area contributed by atoms with Gasteiger partial charge >= 0.3 is 0 Å². The highest BCUT2D eigenvalue weighted by molar-refractivity contribution is 6.28. The molecule has 0 spiro atoms.